The molecular formula is C29H32Cl2IN3O4S. The number of hydrogen-bond donors (Lipinski definition) is 1. The van der Waals surface area contributed by atoms with Crippen LogP contribution in [0, 0.1) is 3.57 Å². The fraction of sp³-hybridized carbons (Fsp3) is 0.310. The highest BCUT2D eigenvalue weighted by molar-refractivity contribution is 14.1. The third-order valence-electron chi connectivity index (χ3n) is 5.92. The van der Waals surface area contributed by atoms with Crippen LogP contribution < -0.4 is 9.62 Å². The molecule has 0 aliphatic carbocycles. The van der Waals surface area contributed by atoms with Crippen LogP contribution in [-0.4, -0.2) is 49.5 Å². The van der Waals surface area contributed by atoms with Crippen molar-refractivity contribution in [3.05, 3.63) is 97.5 Å². The molecule has 0 bridgehead atoms. The first-order chi connectivity index (χ1) is 18.6. The zero-order chi connectivity index (χ0) is 29.7. The molecule has 0 saturated heterocycles. The normalized spacial score (nSPS) is 12.5. The first-order valence-corrected chi connectivity index (χ1v) is 16.1. The van der Waals surface area contributed by atoms with Crippen molar-refractivity contribution in [3.63, 3.8) is 0 Å². The van der Waals surface area contributed by atoms with Crippen molar-refractivity contribution in [1.82, 2.24) is 10.2 Å². The van der Waals surface area contributed by atoms with Gasteiger partial charge in [-0.15, -0.1) is 0 Å². The Balaban J connectivity index is 2.09. The fourth-order valence-electron chi connectivity index (χ4n) is 4.06. The van der Waals surface area contributed by atoms with Gasteiger partial charge in [0.05, 0.1) is 11.9 Å². The number of carbonyl (C=O) groups excluding carboxylic acids is 2. The molecule has 1 atom stereocenters. The van der Waals surface area contributed by atoms with Crippen molar-refractivity contribution < 1.29 is 18.0 Å². The molecule has 0 radical (unpaired) electrons. The lowest BCUT2D eigenvalue weighted by atomic mass is 10.0. The van der Waals surface area contributed by atoms with Gasteiger partial charge < -0.3 is 10.2 Å². The quantitative estimate of drug-likeness (QED) is 0.264. The zero-order valence-corrected chi connectivity index (χ0v) is 27.2. The number of sulfonamides is 1. The molecule has 0 saturated carbocycles. The van der Waals surface area contributed by atoms with E-state index in [1.165, 1.54) is 4.90 Å². The maximum Gasteiger partial charge on any atom is 0.244 e. The molecule has 0 aliphatic rings. The summed E-state index contributed by atoms with van der Waals surface area (Å²) in [5, 5.41) is 3.75. The van der Waals surface area contributed by atoms with Gasteiger partial charge in [0.15, 0.2) is 0 Å². The lowest BCUT2D eigenvalue weighted by Crippen LogP contribution is -2.56. The van der Waals surface area contributed by atoms with E-state index in [-0.39, 0.29) is 18.9 Å². The minimum Gasteiger partial charge on any atom is -0.350 e. The van der Waals surface area contributed by atoms with Gasteiger partial charge in [0.2, 0.25) is 21.8 Å². The van der Waals surface area contributed by atoms with Gasteiger partial charge in [-0.2, -0.15) is 0 Å². The van der Waals surface area contributed by atoms with E-state index >= 15 is 0 Å². The summed E-state index contributed by atoms with van der Waals surface area (Å²) in [7, 11) is -3.84. The molecule has 0 aromatic heterocycles. The minimum atomic E-state index is -3.84. The Morgan fingerprint density at radius 2 is 1.60 bits per heavy atom. The number of nitrogens with one attached hydrogen (secondary N) is 1. The number of benzene rings is 3. The lowest BCUT2D eigenvalue weighted by molar-refractivity contribution is -0.140. The fourth-order valence-corrected chi connectivity index (χ4v) is 5.74. The van der Waals surface area contributed by atoms with Crippen LogP contribution in [0.25, 0.3) is 0 Å². The van der Waals surface area contributed by atoms with Crippen molar-refractivity contribution in [2.45, 2.75) is 45.3 Å². The average molecular weight is 716 g/mol. The van der Waals surface area contributed by atoms with Crippen molar-refractivity contribution >= 4 is 73.3 Å². The molecule has 0 unspecified atom stereocenters. The van der Waals surface area contributed by atoms with Crippen LogP contribution in [0.5, 0.6) is 0 Å². The van der Waals surface area contributed by atoms with Gasteiger partial charge in [0.25, 0.3) is 0 Å². The molecule has 0 spiro atoms. The number of halogens is 3. The molecule has 7 nitrogen and oxygen atoms in total. The van der Waals surface area contributed by atoms with Crippen molar-refractivity contribution in [2.75, 3.05) is 17.1 Å². The number of nitrogens with zero attached hydrogens (tertiary/aromatic N) is 2. The summed E-state index contributed by atoms with van der Waals surface area (Å²) in [6.07, 6.45) is 1.26. The van der Waals surface area contributed by atoms with Gasteiger partial charge in [-0.25, -0.2) is 8.42 Å². The van der Waals surface area contributed by atoms with E-state index in [9.17, 15) is 18.0 Å². The monoisotopic (exact) mass is 715 g/mol. The average Bonchev–Trinajstić information content (AvgIpc) is 2.85. The molecule has 1 N–H and O–H groups in total. The Hall–Kier alpha value is -2.34. The molecule has 0 heterocycles. The standard InChI is InChI=1S/C29H32Cl2IN3O4S/c1-29(2,3)33-28(37)26(16-20-8-6-5-7-9-20)34(18-21-10-11-22(30)17-25(21)31)27(36)19-35(40(4,38)39)24-14-12-23(32)13-15-24/h5-15,17,26H,16,18-19H2,1-4H3,(H,33,37)/t26-/m0/s1. The summed E-state index contributed by atoms with van der Waals surface area (Å²) in [5.41, 5.74) is 1.19. The maximum absolute atomic E-state index is 14.1. The second-order valence-corrected chi connectivity index (χ2v) is 14.4. The molecule has 2 amide bonds. The highest BCUT2D eigenvalue weighted by Crippen LogP contribution is 2.26. The van der Waals surface area contributed by atoms with E-state index in [1.54, 1.807) is 42.5 Å². The maximum atomic E-state index is 14.1. The van der Waals surface area contributed by atoms with Crippen LogP contribution in [0.2, 0.25) is 10.0 Å². The third-order valence-corrected chi connectivity index (χ3v) is 8.37. The summed E-state index contributed by atoms with van der Waals surface area (Å²) in [6, 6.07) is 20.1. The smallest absolute Gasteiger partial charge is 0.244 e. The van der Waals surface area contributed by atoms with Crippen LogP contribution in [-0.2, 0) is 32.6 Å². The van der Waals surface area contributed by atoms with Crippen LogP contribution in [0.3, 0.4) is 0 Å². The largest absolute Gasteiger partial charge is 0.350 e. The van der Waals surface area contributed by atoms with Gasteiger partial charge in [0.1, 0.15) is 12.6 Å². The highest BCUT2D eigenvalue weighted by Gasteiger charge is 2.34. The second-order valence-electron chi connectivity index (χ2n) is 10.4. The Kier molecular flexibility index (Phi) is 10.9. The van der Waals surface area contributed by atoms with Crippen LogP contribution in [0.1, 0.15) is 31.9 Å². The number of hydrogen-bond acceptors (Lipinski definition) is 4. The predicted octanol–water partition coefficient (Wildman–Crippen LogP) is 5.92. The predicted molar refractivity (Wildman–Crippen MR) is 170 cm³/mol. The summed E-state index contributed by atoms with van der Waals surface area (Å²) >= 11 is 14.7. The second kappa shape index (κ2) is 13.5. The molecule has 3 aromatic rings. The number of carbonyl (C=O) groups is 2. The number of anilines is 1. The van der Waals surface area contributed by atoms with Crippen LogP contribution in [0.4, 0.5) is 5.69 Å². The van der Waals surface area contributed by atoms with Gasteiger partial charge in [-0.3, -0.25) is 13.9 Å². The first-order valence-electron chi connectivity index (χ1n) is 12.5. The molecule has 214 valence electrons. The van der Waals surface area contributed by atoms with E-state index in [4.69, 9.17) is 23.2 Å². The van der Waals surface area contributed by atoms with Gasteiger partial charge in [-0.05, 0) is 90.9 Å². The van der Waals surface area contributed by atoms with Gasteiger partial charge in [-0.1, -0.05) is 59.6 Å². The molecule has 3 rings (SSSR count). The summed E-state index contributed by atoms with van der Waals surface area (Å²) in [6.45, 7) is 5.03. The molecule has 3 aromatic carbocycles. The van der Waals surface area contributed by atoms with Gasteiger partial charge >= 0.3 is 0 Å². The third kappa shape index (κ3) is 9.36. The van der Waals surface area contributed by atoms with Crippen molar-refractivity contribution in [1.29, 1.82) is 0 Å². The lowest BCUT2D eigenvalue weighted by Gasteiger charge is -2.35. The highest BCUT2D eigenvalue weighted by atomic mass is 127. The Morgan fingerprint density at radius 1 is 0.975 bits per heavy atom. The van der Waals surface area contributed by atoms with E-state index in [0.717, 1.165) is 19.7 Å². The first kappa shape index (κ1) is 32.2. The molecule has 11 heteroatoms. The van der Waals surface area contributed by atoms with Crippen molar-refractivity contribution in [2.24, 2.45) is 0 Å². The Morgan fingerprint density at radius 3 is 2.15 bits per heavy atom. The van der Waals surface area contributed by atoms with E-state index in [0.29, 0.717) is 21.3 Å². The molecule has 0 fully saturated rings. The summed E-state index contributed by atoms with van der Waals surface area (Å²) in [4.78, 5) is 29.2. The van der Waals surface area contributed by atoms with E-state index in [1.807, 2.05) is 51.1 Å². The number of amides is 2. The Bertz CT molecular complexity index is 1450. The zero-order valence-electron chi connectivity index (χ0n) is 22.7. The minimum absolute atomic E-state index is 0.0335. The summed E-state index contributed by atoms with van der Waals surface area (Å²) < 4.78 is 27.7. The van der Waals surface area contributed by atoms with E-state index in [2.05, 4.69) is 27.9 Å². The SMILES string of the molecule is CC(C)(C)NC(=O)[C@H](Cc1ccccc1)N(Cc1ccc(Cl)cc1Cl)C(=O)CN(c1ccc(I)cc1)S(C)(=O)=O. The van der Waals surface area contributed by atoms with Crippen molar-refractivity contribution in [3.8, 4) is 0 Å². The Labute approximate surface area is 260 Å². The topological polar surface area (TPSA) is 86.8 Å². The molecular weight excluding hydrogens is 684 g/mol. The van der Waals surface area contributed by atoms with Crippen LogP contribution in [0.15, 0.2) is 72.8 Å². The number of rotatable bonds is 10. The molecule has 0 aliphatic heterocycles. The summed E-state index contributed by atoms with van der Waals surface area (Å²) in [5.74, 6) is -0.921. The van der Waals surface area contributed by atoms with Gasteiger partial charge in [0, 0.05) is 32.1 Å². The molecule has 40 heavy (non-hydrogen) atoms. The van der Waals surface area contributed by atoms with E-state index < -0.39 is 34.1 Å². The van der Waals surface area contributed by atoms with Crippen LogP contribution >= 0.6 is 45.8 Å².